The van der Waals surface area contributed by atoms with E-state index in [9.17, 15) is 4.79 Å². The average Bonchev–Trinajstić information content (AvgIpc) is 2.67. The number of carbonyl (C=O) groups excluding carboxylic acids is 1. The quantitative estimate of drug-likeness (QED) is 0.707. The predicted octanol–water partition coefficient (Wildman–Crippen LogP) is 4.57. The first-order valence-corrected chi connectivity index (χ1v) is 8.56. The normalized spacial score (nSPS) is 11.7. The molecule has 0 aliphatic heterocycles. The van der Waals surface area contributed by atoms with Gasteiger partial charge >= 0.3 is 0 Å². The van der Waals surface area contributed by atoms with Gasteiger partial charge in [0.15, 0.2) is 0 Å². The Labute approximate surface area is 152 Å². The van der Waals surface area contributed by atoms with Crippen LogP contribution in [0.15, 0.2) is 79.1 Å². The van der Waals surface area contributed by atoms with E-state index in [4.69, 9.17) is 11.6 Å². The molecule has 0 aliphatic carbocycles. The van der Waals surface area contributed by atoms with Crippen LogP contribution in [0.25, 0.3) is 0 Å². The van der Waals surface area contributed by atoms with E-state index in [-0.39, 0.29) is 11.8 Å². The van der Waals surface area contributed by atoms with Gasteiger partial charge in [0.2, 0.25) is 5.91 Å². The molecule has 1 heterocycles. The first-order chi connectivity index (χ1) is 12.2. The third-order valence-corrected chi connectivity index (χ3v) is 4.33. The summed E-state index contributed by atoms with van der Waals surface area (Å²) in [5.74, 6) is 0.0000196. The summed E-state index contributed by atoms with van der Waals surface area (Å²) in [4.78, 5) is 16.5. The Bertz CT molecular complexity index is 804. The number of aromatic nitrogens is 1. The van der Waals surface area contributed by atoms with E-state index in [0.29, 0.717) is 18.0 Å². The highest BCUT2D eigenvalue weighted by Crippen LogP contribution is 2.28. The Morgan fingerprint density at radius 2 is 1.68 bits per heavy atom. The van der Waals surface area contributed by atoms with Crippen molar-refractivity contribution >= 4 is 17.5 Å². The van der Waals surface area contributed by atoms with E-state index < -0.39 is 0 Å². The van der Waals surface area contributed by atoms with E-state index >= 15 is 0 Å². The molecule has 0 saturated heterocycles. The van der Waals surface area contributed by atoms with Crippen molar-refractivity contribution in [2.75, 3.05) is 0 Å². The largest absolute Gasteiger partial charge is 0.352 e. The van der Waals surface area contributed by atoms with Crippen molar-refractivity contribution in [2.24, 2.45) is 0 Å². The average molecular weight is 351 g/mol. The van der Waals surface area contributed by atoms with Crippen LogP contribution in [0.3, 0.4) is 0 Å². The second-order valence-corrected chi connectivity index (χ2v) is 6.29. The highest BCUT2D eigenvalue weighted by atomic mass is 35.5. The van der Waals surface area contributed by atoms with E-state index in [1.54, 1.807) is 12.4 Å². The number of hydrogen-bond donors (Lipinski definition) is 1. The van der Waals surface area contributed by atoms with Crippen LogP contribution in [0.2, 0.25) is 5.02 Å². The van der Waals surface area contributed by atoms with Crippen molar-refractivity contribution in [3.8, 4) is 0 Å². The number of pyridine rings is 1. The Kier molecular flexibility index (Phi) is 5.81. The molecule has 3 nitrogen and oxygen atoms in total. The second-order valence-electron chi connectivity index (χ2n) is 5.86. The lowest BCUT2D eigenvalue weighted by atomic mass is 9.88. The number of nitrogens with one attached hydrogen (secondary N) is 1. The standard InChI is InChI=1S/C21H19ClN2O/c22-19-10-8-18(9-11-19)20(17-6-2-1-3-7-17)13-21(25)24-15-16-5-4-12-23-14-16/h1-12,14,20H,13,15H2,(H,24,25)/t20-/m0/s1. The molecule has 1 N–H and O–H groups in total. The van der Waals surface area contributed by atoms with Crippen molar-refractivity contribution < 1.29 is 4.79 Å². The van der Waals surface area contributed by atoms with Gasteiger partial charge in [0.1, 0.15) is 0 Å². The maximum atomic E-state index is 12.5. The molecule has 126 valence electrons. The summed E-state index contributed by atoms with van der Waals surface area (Å²) in [7, 11) is 0. The molecule has 1 atom stereocenters. The zero-order valence-electron chi connectivity index (χ0n) is 13.7. The molecule has 0 saturated carbocycles. The van der Waals surface area contributed by atoms with Gasteiger partial charge in [-0.3, -0.25) is 9.78 Å². The summed E-state index contributed by atoms with van der Waals surface area (Å²) in [5.41, 5.74) is 3.17. The maximum Gasteiger partial charge on any atom is 0.221 e. The summed E-state index contributed by atoms with van der Waals surface area (Å²) < 4.78 is 0. The minimum Gasteiger partial charge on any atom is -0.352 e. The van der Waals surface area contributed by atoms with Crippen LogP contribution in [0.4, 0.5) is 0 Å². The van der Waals surface area contributed by atoms with Gasteiger partial charge in [-0.15, -0.1) is 0 Å². The number of amides is 1. The molecule has 3 aromatic rings. The first kappa shape index (κ1) is 17.2. The monoisotopic (exact) mass is 350 g/mol. The van der Waals surface area contributed by atoms with Gasteiger partial charge in [0.05, 0.1) is 0 Å². The van der Waals surface area contributed by atoms with Crippen molar-refractivity contribution in [3.63, 3.8) is 0 Å². The number of nitrogens with zero attached hydrogens (tertiary/aromatic N) is 1. The molecule has 3 rings (SSSR count). The van der Waals surface area contributed by atoms with Gasteiger partial charge in [-0.05, 0) is 34.9 Å². The Hall–Kier alpha value is -2.65. The molecule has 0 aliphatic rings. The summed E-state index contributed by atoms with van der Waals surface area (Å²) in [5, 5.41) is 3.67. The van der Waals surface area contributed by atoms with Gasteiger partial charge in [-0.2, -0.15) is 0 Å². The van der Waals surface area contributed by atoms with Crippen molar-refractivity contribution in [1.29, 1.82) is 0 Å². The van der Waals surface area contributed by atoms with Crippen LogP contribution in [0.1, 0.15) is 29.0 Å². The number of rotatable bonds is 6. The van der Waals surface area contributed by atoms with Crippen LogP contribution in [0.5, 0.6) is 0 Å². The van der Waals surface area contributed by atoms with Crippen LogP contribution in [-0.2, 0) is 11.3 Å². The Morgan fingerprint density at radius 3 is 2.36 bits per heavy atom. The van der Waals surface area contributed by atoms with Gasteiger partial charge in [0.25, 0.3) is 0 Å². The van der Waals surface area contributed by atoms with Crippen LogP contribution >= 0.6 is 11.6 Å². The molecule has 1 aromatic heterocycles. The van der Waals surface area contributed by atoms with Gasteiger partial charge < -0.3 is 5.32 Å². The summed E-state index contributed by atoms with van der Waals surface area (Å²) in [6.45, 7) is 0.481. The summed E-state index contributed by atoms with van der Waals surface area (Å²) in [6, 6.07) is 21.6. The zero-order chi connectivity index (χ0) is 17.5. The lowest BCUT2D eigenvalue weighted by Crippen LogP contribution is -2.25. The molecule has 0 spiro atoms. The number of hydrogen-bond acceptors (Lipinski definition) is 2. The van der Waals surface area contributed by atoms with E-state index in [0.717, 1.165) is 16.7 Å². The Balaban J connectivity index is 1.73. The lowest BCUT2D eigenvalue weighted by Gasteiger charge is -2.18. The van der Waals surface area contributed by atoms with Gasteiger partial charge in [0, 0.05) is 36.3 Å². The van der Waals surface area contributed by atoms with E-state index in [1.807, 2.05) is 66.7 Å². The third kappa shape index (κ3) is 4.91. The number of halogens is 1. The highest BCUT2D eigenvalue weighted by Gasteiger charge is 2.18. The molecule has 0 bridgehead atoms. The number of carbonyl (C=O) groups is 1. The molecule has 25 heavy (non-hydrogen) atoms. The van der Waals surface area contributed by atoms with Crippen LogP contribution in [0, 0.1) is 0 Å². The smallest absolute Gasteiger partial charge is 0.221 e. The molecule has 2 aromatic carbocycles. The fourth-order valence-electron chi connectivity index (χ4n) is 2.77. The third-order valence-electron chi connectivity index (χ3n) is 4.08. The second kappa shape index (κ2) is 8.45. The Morgan fingerprint density at radius 1 is 0.960 bits per heavy atom. The zero-order valence-corrected chi connectivity index (χ0v) is 14.5. The SMILES string of the molecule is O=C(C[C@@H](c1ccccc1)c1ccc(Cl)cc1)NCc1cccnc1. The van der Waals surface area contributed by atoms with Crippen LogP contribution < -0.4 is 5.32 Å². The molecule has 0 radical (unpaired) electrons. The molecular weight excluding hydrogens is 332 g/mol. The lowest BCUT2D eigenvalue weighted by molar-refractivity contribution is -0.121. The van der Waals surface area contributed by atoms with Crippen molar-refractivity contribution in [2.45, 2.75) is 18.9 Å². The molecule has 4 heteroatoms. The molecule has 0 fully saturated rings. The molecule has 0 unspecified atom stereocenters. The summed E-state index contributed by atoms with van der Waals surface area (Å²) >= 11 is 6.00. The first-order valence-electron chi connectivity index (χ1n) is 8.18. The molecular formula is C21H19ClN2O. The fraction of sp³-hybridized carbons (Fsp3) is 0.143. The van der Waals surface area contributed by atoms with E-state index in [2.05, 4.69) is 10.3 Å². The number of benzene rings is 2. The van der Waals surface area contributed by atoms with Gasteiger partial charge in [-0.1, -0.05) is 60.1 Å². The fourth-order valence-corrected chi connectivity index (χ4v) is 2.90. The minimum atomic E-state index is -0.00707. The topological polar surface area (TPSA) is 42.0 Å². The predicted molar refractivity (Wildman–Crippen MR) is 100 cm³/mol. The van der Waals surface area contributed by atoms with E-state index in [1.165, 1.54) is 0 Å². The maximum absolute atomic E-state index is 12.5. The van der Waals surface area contributed by atoms with Gasteiger partial charge in [-0.25, -0.2) is 0 Å². The summed E-state index contributed by atoms with van der Waals surface area (Å²) in [6.07, 6.45) is 3.86. The van der Waals surface area contributed by atoms with Crippen molar-refractivity contribution in [1.82, 2.24) is 10.3 Å². The van der Waals surface area contributed by atoms with Crippen LogP contribution in [-0.4, -0.2) is 10.9 Å². The minimum absolute atomic E-state index is 0.00707. The molecule has 1 amide bonds. The highest BCUT2D eigenvalue weighted by molar-refractivity contribution is 6.30. The van der Waals surface area contributed by atoms with Crippen molar-refractivity contribution in [3.05, 3.63) is 101 Å².